The van der Waals surface area contributed by atoms with Crippen molar-refractivity contribution in [2.45, 2.75) is 18.7 Å². The molecule has 0 aliphatic heterocycles. The summed E-state index contributed by atoms with van der Waals surface area (Å²) in [6.45, 7) is 1.45. The fourth-order valence-corrected chi connectivity index (χ4v) is 3.54. The summed E-state index contributed by atoms with van der Waals surface area (Å²) in [5.74, 6) is 0. The van der Waals surface area contributed by atoms with Gasteiger partial charge in [0, 0.05) is 0 Å². The molecule has 1 rings (SSSR count). The van der Waals surface area contributed by atoms with Crippen LogP contribution in [0.15, 0.2) is 40.4 Å². The van der Waals surface area contributed by atoms with Crippen LogP contribution in [0.4, 0.5) is 0 Å². The Labute approximate surface area is 140 Å². The third-order valence-electron chi connectivity index (χ3n) is 2.08. The molecule has 0 atom stereocenters. The lowest BCUT2D eigenvalue weighted by atomic mass is 10.4. The highest BCUT2D eigenvalue weighted by Gasteiger charge is 2.22. The predicted octanol–water partition coefficient (Wildman–Crippen LogP) is 2.05. The first-order chi connectivity index (χ1) is 10.7. The lowest BCUT2D eigenvalue weighted by Crippen LogP contribution is -2.12. The van der Waals surface area contributed by atoms with Gasteiger partial charge in [0.15, 0.2) is 0 Å². The van der Waals surface area contributed by atoms with Crippen molar-refractivity contribution >= 4 is 33.4 Å². The number of oxime groups is 1. The maximum absolute atomic E-state index is 11.5. The number of hydrogen-bond donors (Lipinski definition) is 2. The van der Waals surface area contributed by atoms with E-state index in [0.29, 0.717) is 13.2 Å². The molecule has 0 unspecified atom stereocenters. The number of hydrogen-bond acceptors (Lipinski definition) is 8. The van der Waals surface area contributed by atoms with Gasteiger partial charge in [0.1, 0.15) is 6.07 Å². The maximum Gasteiger partial charge on any atom is 0.324 e. The number of benzene rings is 1. The summed E-state index contributed by atoms with van der Waals surface area (Å²) in [5.41, 5.74) is 0. The van der Waals surface area contributed by atoms with Gasteiger partial charge >= 0.3 is 6.72 Å². The summed E-state index contributed by atoms with van der Waals surface area (Å²) in [7, 11) is -3.96. The van der Waals surface area contributed by atoms with E-state index in [4.69, 9.17) is 24.4 Å². The number of nitriles is 1. The molecular weight excluding hydrogens is 363 g/mol. The van der Waals surface area contributed by atoms with Gasteiger partial charge in [-0.3, -0.25) is 0 Å². The molecule has 0 heterocycles. The molecule has 0 aromatic heterocycles. The third-order valence-corrected chi connectivity index (χ3v) is 5.46. The number of sulfone groups is 1. The van der Waals surface area contributed by atoms with E-state index in [2.05, 4.69) is 17.0 Å². The van der Waals surface area contributed by atoms with Gasteiger partial charge in [0.2, 0.25) is 9.84 Å². The molecular formula is C12H17N2O6PS2. The molecule has 0 saturated carbocycles. The number of rotatable bonds is 5. The van der Waals surface area contributed by atoms with E-state index in [1.165, 1.54) is 30.3 Å². The zero-order valence-electron chi connectivity index (χ0n) is 12.5. The minimum absolute atomic E-state index is 0.0747. The van der Waals surface area contributed by atoms with Gasteiger partial charge in [-0.1, -0.05) is 23.4 Å². The molecule has 0 aliphatic carbocycles. The Hall–Kier alpha value is -1.34. The number of nitrogens with zero attached hydrogens (tertiary/aromatic N) is 2. The topological polar surface area (TPSA) is 129 Å². The fourth-order valence-electron chi connectivity index (χ4n) is 1.21. The monoisotopic (exact) mass is 380 g/mol. The van der Waals surface area contributed by atoms with Gasteiger partial charge in [0.05, 0.1) is 18.1 Å². The summed E-state index contributed by atoms with van der Waals surface area (Å²) in [5, 5.41) is 18.2. The summed E-state index contributed by atoms with van der Waals surface area (Å²) in [6.07, 6.45) is 0. The molecule has 0 amide bonds. The van der Waals surface area contributed by atoms with Crippen LogP contribution in [0.25, 0.3) is 0 Å². The van der Waals surface area contributed by atoms with E-state index >= 15 is 0 Å². The van der Waals surface area contributed by atoms with Crippen LogP contribution in [-0.4, -0.2) is 36.8 Å². The molecule has 0 spiro atoms. The second kappa shape index (κ2) is 10.4. The second-order valence-corrected chi connectivity index (χ2v) is 8.34. The van der Waals surface area contributed by atoms with Gasteiger partial charge in [-0.05, 0) is 37.8 Å². The van der Waals surface area contributed by atoms with Gasteiger partial charge < -0.3 is 19.1 Å². The highest BCUT2D eigenvalue weighted by molar-refractivity contribution is 8.07. The summed E-state index contributed by atoms with van der Waals surface area (Å²) < 4.78 is 32.4. The lowest BCUT2D eigenvalue weighted by Gasteiger charge is -2.12. The van der Waals surface area contributed by atoms with Crippen LogP contribution in [-0.2, 0) is 30.7 Å². The van der Waals surface area contributed by atoms with Crippen molar-refractivity contribution in [2.75, 3.05) is 13.2 Å². The third kappa shape index (κ3) is 7.65. The predicted molar refractivity (Wildman–Crippen MR) is 88.2 cm³/mol. The lowest BCUT2D eigenvalue weighted by molar-refractivity contribution is 0.212. The summed E-state index contributed by atoms with van der Waals surface area (Å²) in [4.78, 5) is 8.92. The zero-order valence-corrected chi connectivity index (χ0v) is 15.0. The van der Waals surface area contributed by atoms with Crippen LogP contribution in [0.2, 0.25) is 0 Å². The highest BCUT2D eigenvalue weighted by Crippen LogP contribution is 2.42. The molecule has 1 aromatic carbocycles. The molecule has 8 nitrogen and oxygen atoms in total. The molecule has 0 aliphatic rings. The molecule has 0 fully saturated rings. The Morgan fingerprint density at radius 2 is 1.78 bits per heavy atom. The Balaban J connectivity index is 0.000000468. The highest BCUT2D eigenvalue weighted by atomic mass is 32.5. The van der Waals surface area contributed by atoms with E-state index in [9.17, 15) is 8.42 Å². The molecule has 23 heavy (non-hydrogen) atoms. The molecule has 0 bridgehead atoms. The Kier molecular flexibility index (Phi) is 9.83. The maximum atomic E-state index is 11.5. The zero-order chi connectivity index (χ0) is 17.9. The molecule has 1 aromatic rings. The molecule has 0 radical (unpaired) electrons. The fraction of sp³-hybridized carbons (Fsp3) is 0.333. The molecule has 2 N–H and O–H groups in total. The van der Waals surface area contributed by atoms with Crippen molar-refractivity contribution in [3.8, 4) is 6.07 Å². The van der Waals surface area contributed by atoms with E-state index < -0.39 is 21.6 Å². The Bertz CT molecular complexity index is 690. The summed E-state index contributed by atoms with van der Waals surface area (Å²) >= 11 is 4.56. The molecule has 0 saturated heterocycles. The molecule has 128 valence electrons. The van der Waals surface area contributed by atoms with E-state index in [1.54, 1.807) is 19.9 Å². The van der Waals surface area contributed by atoms with Crippen molar-refractivity contribution in [1.82, 2.24) is 0 Å². The summed E-state index contributed by atoms with van der Waals surface area (Å²) in [6, 6.07) is 8.60. The normalized spacial score (nSPS) is 12.0. The minimum atomic E-state index is -3.96. The second-order valence-electron chi connectivity index (χ2n) is 3.64. The van der Waals surface area contributed by atoms with Gasteiger partial charge in [0.25, 0.3) is 5.04 Å². The van der Waals surface area contributed by atoms with Crippen molar-refractivity contribution in [1.29, 1.82) is 5.26 Å². The standard InChI is InChI=1S/C8H6N2O3S.C4H11O3PS/c9-6-8(10-11)14(12,13)7-4-2-1-3-5-7;1-3-6-8(5,9)7-4-2/h1-5,11H;3-4H2,1-2H3,(H,5,9). The van der Waals surface area contributed by atoms with Crippen LogP contribution >= 0.6 is 6.72 Å². The smallest absolute Gasteiger partial charge is 0.324 e. The van der Waals surface area contributed by atoms with E-state index in [0.717, 1.165) is 0 Å². The van der Waals surface area contributed by atoms with Crippen LogP contribution < -0.4 is 0 Å². The quantitative estimate of drug-likeness (QED) is 0.261. The largest absolute Gasteiger partial charge is 0.409 e. The van der Waals surface area contributed by atoms with Crippen molar-refractivity contribution in [2.24, 2.45) is 5.16 Å². The first kappa shape index (κ1) is 21.7. The average molecular weight is 380 g/mol. The van der Waals surface area contributed by atoms with E-state index in [1.807, 2.05) is 0 Å². The van der Waals surface area contributed by atoms with Crippen LogP contribution in [0.1, 0.15) is 13.8 Å². The van der Waals surface area contributed by atoms with Crippen molar-refractivity contribution in [3.05, 3.63) is 30.3 Å². The van der Waals surface area contributed by atoms with Gasteiger partial charge in [-0.25, -0.2) is 8.42 Å². The first-order valence-corrected chi connectivity index (χ1v) is 10.4. The van der Waals surface area contributed by atoms with Gasteiger partial charge in [-0.2, -0.15) is 5.26 Å². The van der Waals surface area contributed by atoms with Crippen molar-refractivity contribution < 1.29 is 27.6 Å². The Morgan fingerprint density at radius 3 is 2.13 bits per heavy atom. The molecule has 11 heteroatoms. The van der Waals surface area contributed by atoms with Crippen LogP contribution in [0.5, 0.6) is 0 Å². The average Bonchev–Trinajstić information content (AvgIpc) is 2.49. The van der Waals surface area contributed by atoms with Crippen LogP contribution in [0, 0.1) is 11.3 Å². The van der Waals surface area contributed by atoms with Crippen LogP contribution in [0.3, 0.4) is 0 Å². The minimum Gasteiger partial charge on any atom is -0.409 e. The van der Waals surface area contributed by atoms with Crippen molar-refractivity contribution in [3.63, 3.8) is 0 Å². The Morgan fingerprint density at radius 1 is 1.30 bits per heavy atom. The SMILES string of the molecule is CCOP(O)(=S)OCC.N#CC(=NO)S(=O)(=O)c1ccccc1. The first-order valence-electron chi connectivity index (χ1n) is 6.29. The van der Waals surface area contributed by atoms with E-state index in [-0.39, 0.29) is 4.90 Å². The van der Waals surface area contributed by atoms with Gasteiger partial charge in [-0.15, -0.1) is 0 Å².